The molecule has 4 heterocycles. The molecule has 0 aromatic heterocycles. The lowest BCUT2D eigenvalue weighted by Crippen LogP contribution is -2.56. The van der Waals surface area contributed by atoms with Gasteiger partial charge in [0.15, 0.2) is 0 Å². The molecule has 1 unspecified atom stereocenters. The third-order valence-electron chi connectivity index (χ3n) is 9.03. The number of carbonyl (C=O) groups excluding carboxylic acids is 3. The van der Waals surface area contributed by atoms with E-state index >= 15 is 0 Å². The molecule has 2 aromatic rings. The number of aryl methyl sites for hydroxylation is 1. The predicted octanol–water partition coefficient (Wildman–Crippen LogP) is 3.91. The highest BCUT2D eigenvalue weighted by Gasteiger charge is 2.74. The van der Waals surface area contributed by atoms with E-state index in [2.05, 4.69) is 0 Å². The maximum absolute atomic E-state index is 14.6. The van der Waals surface area contributed by atoms with E-state index in [4.69, 9.17) is 21.1 Å². The van der Waals surface area contributed by atoms with Crippen LogP contribution in [0.1, 0.15) is 25.8 Å². The number of fused-ring (bicyclic) bond motifs is 2. The highest BCUT2D eigenvalue weighted by Crippen LogP contribution is 2.58. The minimum Gasteiger partial charge on any atom is -0.494 e. The quantitative estimate of drug-likeness (QED) is 0.481. The van der Waals surface area contributed by atoms with E-state index in [-0.39, 0.29) is 43.8 Å². The molecule has 0 saturated carbocycles. The summed E-state index contributed by atoms with van der Waals surface area (Å²) in [6.45, 7) is 6.67. The van der Waals surface area contributed by atoms with Crippen LogP contribution in [-0.2, 0) is 19.1 Å². The van der Waals surface area contributed by atoms with Gasteiger partial charge in [-0.15, -0.1) is 0 Å². The van der Waals surface area contributed by atoms with Crippen LogP contribution < -0.4 is 14.5 Å². The van der Waals surface area contributed by atoms with Gasteiger partial charge in [-0.1, -0.05) is 48.0 Å². The Hall–Kier alpha value is -3.66. The van der Waals surface area contributed by atoms with Crippen LogP contribution in [0.15, 0.2) is 66.8 Å². The number of amides is 3. The molecule has 0 radical (unpaired) electrons. The number of rotatable bonds is 7. The monoisotopic (exact) mass is 605 g/mol. The first-order valence-electron chi connectivity index (χ1n) is 14.7. The van der Waals surface area contributed by atoms with Crippen molar-refractivity contribution in [2.75, 3.05) is 42.6 Å². The van der Waals surface area contributed by atoms with Crippen LogP contribution in [0.25, 0.3) is 0 Å². The molecule has 2 fully saturated rings. The Morgan fingerprint density at radius 1 is 0.977 bits per heavy atom. The Morgan fingerprint density at radius 2 is 1.70 bits per heavy atom. The van der Waals surface area contributed by atoms with Gasteiger partial charge < -0.3 is 29.3 Å². The van der Waals surface area contributed by atoms with Gasteiger partial charge in [-0.2, -0.15) is 0 Å². The summed E-state index contributed by atoms with van der Waals surface area (Å²) < 4.78 is 12.5. The van der Waals surface area contributed by atoms with E-state index in [9.17, 15) is 19.5 Å². The maximum atomic E-state index is 14.6. The zero-order valence-corrected chi connectivity index (χ0v) is 25.3. The number of carbonyl (C=O) groups is 3. The second-order valence-corrected chi connectivity index (χ2v) is 12.0. The fourth-order valence-electron chi connectivity index (χ4n) is 7.29. The number of ether oxygens (including phenoxy) is 2. The molecule has 3 amide bonds. The van der Waals surface area contributed by atoms with E-state index < -0.39 is 29.1 Å². The second-order valence-electron chi connectivity index (χ2n) is 11.6. The molecule has 9 nitrogen and oxygen atoms in total. The lowest BCUT2D eigenvalue weighted by molar-refractivity contribution is -0.144. The summed E-state index contributed by atoms with van der Waals surface area (Å²) in [5.41, 5.74) is -0.463. The van der Waals surface area contributed by atoms with Crippen molar-refractivity contribution in [2.45, 2.75) is 44.4 Å². The SMILES string of the molecule is CCOc1ccc(N2CC=C[C@@]3(C)O[C@]45C=CCN(c6c(C)cccc6Cl)C(=O)C4N(CCCO)C(=O)[C@@H]5[C@H]3C2=O)cc1. The van der Waals surface area contributed by atoms with Gasteiger partial charge in [-0.3, -0.25) is 14.4 Å². The number of hydrogen-bond acceptors (Lipinski definition) is 6. The Bertz CT molecular complexity index is 1490. The lowest BCUT2D eigenvalue weighted by atomic mass is 9.74. The normalized spacial score (nSPS) is 29.8. The molecule has 4 aliphatic heterocycles. The van der Waals surface area contributed by atoms with Gasteiger partial charge in [-0.05, 0) is 63.1 Å². The van der Waals surface area contributed by atoms with Crippen molar-refractivity contribution in [1.29, 1.82) is 0 Å². The number of benzene rings is 2. The standard InChI is InChI=1S/C33H36ClN3O6/c1-4-42-23-13-11-22(12-14-23)35-17-6-15-32(3)25(29(35)39)26-30(40)37(19-8-20-38)28-31(41)36(18-7-16-33(26,28)43-32)27-21(2)9-5-10-24(27)34/h5-7,9-16,25-26,28,38H,4,8,17-20H2,1-3H3/t25-,26-,28?,32+,33-/m0/s1. The summed E-state index contributed by atoms with van der Waals surface area (Å²) in [6, 6.07) is 11.7. The van der Waals surface area contributed by atoms with E-state index in [1.165, 1.54) is 4.90 Å². The van der Waals surface area contributed by atoms with Gasteiger partial charge in [0, 0.05) is 31.9 Å². The Labute approximate surface area is 256 Å². The summed E-state index contributed by atoms with van der Waals surface area (Å²) in [6.07, 6.45) is 7.67. The van der Waals surface area contributed by atoms with Gasteiger partial charge in [-0.25, -0.2) is 0 Å². The zero-order valence-electron chi connectivity index (χ0n) is 24.5. The summed E-state index contributed by atoms with van der Waals surface area (Å²) in [5.74, 6) is -2.07. The fraction of sp³-hybridized carbons (Fsp3) is 0.424. The van der Waals surface area contributed by atoms with Crippen molar-refractivity contribution in [3.05, 3.63) is 77.4 Å². The molecule has 226 valence electrons. The van der Waals surface area contributed by atoms with Crippen molar-refractivity contribution in [3.63, 3.8) is 0 Å². The molecule has 2 aromatic carbocycles. The summed E-state index contributed by atoms with van der Waals surface area (Å²) in [4.78, 5) is 48.3. The molecule has 2 saturated heterocycles. The van der Waals surface area contributed by atoms with Crippen molar-refractivity contribution >= 4 is 40.7 Å². The molecule has 6 rings (SSSR count). The molecular weight excluding hydrogens is 570 g/mol. The number of anilines is 2. The largest absolute Gasteiger partial charge is 0.494 e. The van der Waals surface area contributed by atoms with Gasteiger partial charge in [0.1, 0.15) is 17.4 Å². The minimum atomic E-state index is -1.39. The number of halogens is 1. The van der Waals surface area contributed by atoms with Crippen molar-refractivity contribution < 1.29 is 29.0 Å². The van der Waals surface area contributed by atoms with Crippen LogP contribution >= 0.6 is 11.6 Å². The highest BCUT2D eigenvalue weighted by atomic mass is 35.5. The molecule has 1 spiro atoms. The van der Waals surface area contributed by atoms with E-state index in [0.717, 1.165) is 5.56 Å². The zero-order chi connectivity index (χ0) is 30.5. The molecule has 0 bridgehead atoms. The molecule has 5 atom stereocenters. The van der Waals surface area contributed by atoms with E-state index in [0.29, 0.717) is 35.3 Å². The van der Waals surface area contributed by atoms with Gasteiger partial charge in [0.2, 0.25) is 11.8 Å². The number of aliphatic hydroxyl groups is 1. The molecule has 10 heteroatoms. The third kappa shape index (κ3) is 4.56. The van der Waals surface area contributed by atoms with Gasteiger partial charge in [0.05, 0.1) is 34.8 Å². The van der Waals surface area contributed by atoms with Crippen LogP contribution in [-0.4, -0.2) is 77.8 Å². The van der Waals surface area contributed by atoms with Crippen molar-refractivity contribution in [2.24, 2.45) is 11.8 Å². The van der Waals surface area contributed by atoms with Crippen LogP contribution in [0.3, 0.4) is 0 Å². The summed E-state index contributed by atoms with van der Waals surface area (Å²) in [7, 11) is 0. The molecule has 0 aliphatic carbocycles. The Balaban J connectivity index is 1.44. The summed E-state index contributed by atoms with van der Waals surface area (Å²) >= 11 is 6.61. The fourth-order valence-corrected chi connectivity index (χ4v) is 7.61. The number of hydrogen-bond donors (Lipinski definition) is 1. The van der Waals surface area contributed by atoms with E-state index in [1.54, 1.807) is 15.9 Å². The first kappa shape index (κ1) is 29.4. The number of nitrogens with zero attached hydrogens (tertiary/aromatic N) is 3. The van der Waals surface area contributed by atoms with Gasteiger partial charge in [0.25, 0.3) is 5.91 Å². The average molecular weight is 606 g/mol. The lowest BCUT2D eigenvalue weighted by Gasteiger charge is -2.37. The Morgan fingerprint density at radius 3 is 2.40 bits per heavy atom. The second kappa shape index (κ2) is 11.1. The van der Waals surface area contributed by atoms with Gasteiger partial charge >= 0.3 is 0 Å². The van der Waals surface area contributed by atoms with Crippen LogP contribution in [0.4, 0.5) is 11.4 Å². The van der Waals surface area contributed by atoms with Crippen molar-refractivity contribution in [3.8, 4) is 5.75 Å². The first-order chi connectivity index (χ1) is 20.7. The first-order valence-corrected chi connectivity index (χ1v) is 15.1. The van der Waals surface area contributed by atoms with Crippen LogP contribution in [0.5, 0.6) is 5.75 Å². The highest BCUT2D eigenvalue weighted by molar-refractivity contribution is 6.34. The smallest absolute Gasteiger partial charge is 0.253 e. The molecule has 43 heavy (non-hydrogen) atoms. The van der Waals surface area contributed by atoms with E-state index in [1.807, 2.05) is 81.5 Å². The number of likely N-dealkylation sites (tertiary alicyclic amines) is 1. The molecule has 4 aliphatic rings. The Kier molecular flexibility index (Phi) is 7.61. The summed E-state index contributed by atoms with van der Waals surface area (Å²) in [5, 5.41) is 10.1. The molecule has 1 N–H and O–H groups in total. The average Bonchev–Trinajstić information content (AvgIpc) is 3.24. The maximum Gasteiger partial charge on any atom is 0.253 e. The van der Waals surface area contributed by atoms with Crippen LogP contribution in [0, 0.1) is 18.8 Å². The topological polar surface area (TPSA) is 99.6 Å². The minimum absolute atomic E-state index is 0.145. The predicted molar refractivity (Wildman–Crippen MR) is 163 cm³/mol. The third-order valence-corrected chi connectivity index (χ3v) is 9.34. The van der Waals surface area contributed by atoms with Crippen molar-refractivity contribution in [1.82, 2.24) is 4.90 Å². The number of aliphatic hydroxyl groups excluding tert-OH is 1. The number of para-hydroxylation sites is 1. The molecular formula is C33H36ClN3O6. The van der Waals surface area contributed by atoms with Crippen LogP contribution in [0.2, 0.25) is 5.02 Å².